The number of hydrogen-bond acceptors (Lipinski definition) is 6. The minimum Gasteiger partial charge on any atom is -0.756 e. The van der Waals surface area contributed by atoms with Crippen molar-refractivity contribution in [1.82, 2.24) is 5.32 Å². The van der Waals surface area contributed by atoms with Crippen LogP contribution >= 0.6 is 7.82 Å². The summed E-state index contributed by atoms with van der Waals surface area (Å²) in [5, 5.41) is 12.8. The van der Waals surface area contributed by atoms with Gasteiger partial charge >= 0.3 is 0 Å². The molecule has 0 saturated carbocycles. The highest BCUT2D eigenvalue weighted by Crippen LogP contribution is 2.38. The van der Waals surface area contributed by atoms with E-state index < -0.39 is 32.5 Å². The predicted molar refractivity (Wildman–Crippen MR) is 118 cm³/mol. The molecule has 0 aliphatic rings. The molecule has 1 amide bonds. The summed E-state index contributed by atoms with van der Waals surface area (Å²) in [5.41, 5.74) is 0. The minimum absolute atomic E-state index is 0.0104. The summed E-state index contributed by atoms with van der Waals surface area (Å²) in [7, 11) is 1.22. The van der Waals surface area contributed by atoms with Gasteiger partial charge in [0.05, 0.1) is 39.9 Å². The lowest BCUT2D eigenvalue weighted by atomic mass is 10.1. The number of nitrogens with one attached hydrogen (secondary N) is 1. The van der Waals surface area contributed by atoms with Crippen LogP contribution < -0.4 is 10.2 Å². The van der Waals surface area contributed by atoms with Crippen LogP contribution in [-0.2, 0) is 18.4 Å². The molecule has 0 fully saturated rings. The van der Waals surface area contributed by atoms with E-state index in [-0.39, 0.29) is 6.61 Å². The first-order valence-corrected chi connectivity index (χ1v) is 12.1. The standard InChI is InChI=1S/C21H41N2O6P/c1-6-7-8-9-10-11-12-13-14-15-21(25)20(22-19(2)24)18-29-30(26,27)28-17-16-23(3,4)5/h10-11,14-15,20-21,25H,6-9,12-13,16-18H2,1-5H3,(H-,22,24,26,27)/b11-10+,15-14+. The van der Waals surface area contributed by atoms with Crippen molar-refractivity contribution in [3.05, 3.63) is 24.3 Å². The molecule has 30 heavy (non-hydrogen) atoms. The molecule has 0 aromatic carbocycles. The topological polar surface area (TPSA) is 108 Å². The quantitative estimate of drug-likeness (QED) is 0.153. The average Bonchev–Trinajstić information content (AvgIpc) is 2.62. The molecule has 9 heteroatoms. The van der Waals surface area contributed by atoms with Gasteiger partial charge in [0, 0.05) is 6.92 Å². The number of allylic oxidation sites excluding steroid dienone is 3. The zero-order chi connectivity index (χ0) is 23.0. The number of carbonyl (C=O) groups is 1. The number of rotatable bonds is 17. The van der Waals surface area contributed by atoms with Crippen molar-refractivity contribution >= 4 is 13.7 Å². The van der Waals surface area contributed by atoms with Gasteiger partial charge in [0.15, 0.2) is 0 Å². The molecule has 0 aromatic heterocycles. The third kappa shape index (κ3) is 17.8. The summed E-state index contributed by atoms with van der Waals surface area (Å²) >= 11 is 0. The number of phosphoric ester groups is 1. The number of hydrogen-bond donors (Lipinski definition) is 2. The van der Waals surface area contributed by atoms with Gasteiger partial charge in [0.1, 0.15) is 13.2 Å². The van der Waals surface area contributed by atoms with Crippen LogP contribution in [0.15, 0.2) is 24.3 Å². The highest BCUT2D eigenvalue weighted by molar-refractivity contribution is 7.45. The van der Waals surface area contributed by atoms with Gasteiger partial charge in [-0.15, -0.1) is 0 Å². The number of quaternary nitrogens is 1. The number of carbonyl (C=O) groups excluding carboxylic acids is 1. The fraction of sp³-hybridized carbons (Fsp3) is 0.762. The van der Waals surface area contributed by atoms with E-state index in [1.165, 1.54) is 26.2 Å². The molecule has 0 aliphatic heterocycles. The van der Waals surface area contributed by atoms with Crippen LogP contribution in [0, 0.1) is 0 Å². The first-order chi connectivity index (χ1) is 14.0. The van der Waals surface area contributed by atoms with E-state index in [4.69, 9.17) is 9.05 Å². The molecule has 0 saturated heterocycles. The van der Waals surface area contributed by atoms with E-state index in [0.717, 1.165) is 19.3 Å². The van der Waals surface area contributed by atoms with E-state index in [1.807, 2.05) is 27.2 Å². The average molecular weight is 449 g/mol. The molecule has 0 aliphatic carbocycles. The normalized spacial score (nSPS) is 16.6. The molecule has 8 nitrogen and oxygen atoms in total. The Labute approximate surface area is 182 Å². The maximum atomic E-state index is 11.9. The van der Waals surface area contributed by atoms with E-state index in [2.05, 4.69) is 24.4 Å². The lowest BCUT2D eigenvalue weighted by molar-refractivity contribution is -0.870. The molecule has 176 valence electrons. The summed E-state index contributed by atoms with van der Waals surface area (Å²) in [6.45, 7) is 3.54. The molecule has 3 unspecified atom stereocenters. The van der Waals surface area contributed by atoms with Crippen molar-refractivity contribution in [2.24, 2.45) is 0 Å². The van der Waals surface area contributed by atoms with Crippen LogP contribution in [-0.4, -0.2) is 68.5 Å². The van der Waals surface area contributed by atoms with Crippen LogP contribution in [0.1, 0.15) is 52.4 Å². The molecule has 0 rings (SSSR count). The SMILES string of the molecule is CCCCC/C=C/CC/C=C/C(O)C(COP(=O)([O-])OCC[N+](C)(C)C)NC(C)=O. The maximum Gasteiger partial charge on any atom is 0.268 e. The van der Waals surface area contributed by atoms with Gasteiger partial charge in [0.2, 0.25) is 5.91 Å². The summed E-state index contributed by atoms with van der Waals surface area (Å²) in [6, 6.07) is -0.896. The lowest BCUT2D eigenvalue weighted by Crippen LogP contribution is -2.45. The Morgan fingerprint density at radius 3 is 2.37 bits per heavy atom. The molecule has 2 N–H and O–H groups in total. The van der Waals surface area contributed by atoms with E-state index in [9.17, 15) is 19.4 Å². The van der Waals surface area contributed by atoms with Gasteiger partial charge in [-0.1, -0.05) is 44.1 Å². The van der Waals surface area contributed by atoms with Gasteiger partial charge < -0.3 is 28.8 Å². The molecular formula is C21H41N2O6P. The Kier molecular flexibility index (Phi) is 15.2. The zero-order valence-electron chi connectivity index (χ0n) is 19.2. The zero-order valence-corrected chi connectivity index (χ0v) is 20.1. The Morgan fingerprint density at radius 1 is 1.13 bits per heavy atom. The Bertz CT molecular complexity index is 574. The third-order valence-electron chi connectivity index (χ3n) is 4.20. The molecule has 0 bridgehead atoms. The molecule has 0 aromatic rings. The summed E-state index contributed by atoms with van der Waals surface area (Å²) in [6.07, 6.45) is 12.9. The van der Waals surface area contributed by atoms with E-state index >= 15 is 0 Å². The molecule has 0 radical (unpaired) electrons. The largest absolute Gasteiger partial charge is 0.756 e. The van der Waals surface area contributed by atoms with E-state index in [1.54, 1.807) is 6.08 Å². The summed E-state index contributed by atoms with van der Waals surface area (Å²) in [4.78, 5) is 23.3. The summed E-state index contributed by atoms with van der Waals surface area (Å²) < 4.78 is 22.2. The number of amides is 1. The van der Waals surface area contributed by atoms with Gasteiger partial charge in [0.25, 0.3) is 7.82 Å². The lowest BCUT2D eigenvalue weighted by Gasteiger charge is -2.29. The van der Waals surface area contributed by atoms with Crippen molar-refractivity contribution < 1.29 is 32.9 Å². The Hall–Kier alpha value is -1.02. The van der Waals surface area contributed by atoms with Crippen LogP contribution in [0.3, 0.4) is 0 Å². The van der Waals surface area contributed by atoms with Gasteiger partial charge in [-0.05, 0) is 25.7 Å². The third-order valence-corrected chi connectivity index (χ3v) is 5.16. The second kappa shape index (κ2) is 15.7. The number of nitrogens with zero attached hydrogens (tertiary/aromatic N) is 1. The van der Waals surface area contributed by atoms with Crippen LogP contribution in [0.2, 0.25) is 0 Å². The maximum absolute atomic E-state index is 11.9. The highest BCUT2D eigenvalue weighted by atomic mass is 31.2. The number of phosphoric acid groups is 1. The second-order valence-corrected chi connectivity index (χ2v) is 9.77. The number of aliphatic hydroxyl groups excluding tert-OH is 1. The van der Waals surface area contributed by atoms with Crippen molar-refractivity contribution in [2.75, 3.05) is 40.9 Å². The van der Waals surface area contributed by atoms with Gasteiger partial charge in [-0.25, -0.2) is 0 Å². The summed E-state index contributed by atoms with van der Waals surface area (Å²) in [5.74, 6) is -0.391. The minimum atomic E-state index is -4.52. The predicted octanol–water partition coefficient (Wildman–Crippen LogP) is 2.53. The molecule has 0 heterocycles. The van der Waals surface area contributed by atoms with Crippen LogP contribution in [0.25, 0.3) is 0 Å². The van der Waals surface area contributed by atoms with Gasteiger partial charge in [-0.2, -0.15) is 0 Å². The van der Waals surface area contributed by atoms with Crippen molar-refractivity contribution in [2.45, 2.75) is 64.5 Å². The van der Waals surface area contributed by atoms with Crippen molar-refractivity contribution in [3.63, 3.8) is 0 Å². The highest BCUT2D eigenvalue weighted by Gasteiger charge is 2.22. The van der Waals surface area contributed by atoms with Crippen LogP contribution in [0.5, 0.6) is 0 Å². The molecule has 0 spiro atoms. The monoisotopic (exact) mass is 448 g/mol. The fourth-order valence-electron chi connectivity index (χ4n) is 2.43. The first kappa shape index (κ1) is 29.0. The molecule has 3 atom stereocenters. The van der Waals surface area contributed by atoms with Crippen LogP contribution in [0.4, 0.5) is 0 Å². The first-order valence-electron chi connectivity index (χ1n) is 10.6. The second-order valence-electron chi connectivity index (χ2n) is 8.36. The van der Waals surface area contributed by atoms with Crippen molar-refractivity contribution in [3.8, 4) is 0 Å². The smallest absolute Gasteiger partial charge is 0.268 e. The Balaban J connectivity index is 4.47. The number of likely N-dealkylation sites (N-methyl/N-ethyl adjacent to an activating group) is 1. The number of aliphatic hydroxyl groups is 1. The van der Waals surface area contributed by atoms with Gasteiger partial charge in [-0.3, -0.25) is 9.36 Å². The van der Waals surface area contributed by atoms with Crippen molar-refractivity contribution in [1.29, 1.82) is 0 Å². The van der Waals surface area contributed by atoms with E-state index in [0.29, 0.717) is 11.0 Å². The fourth-order valence-corrected chi connectivity index (χ4v) is 3.16. The number of unbranched alkanes of at least 4 members (excludes halogenated alkanes) is 4. The molecular weight excluding hydrogens is 407 g/mol. The Morgan fingerprint density at radius 2 is 1.77 bits per heavy atom.